The highest BCUT2D eigenvalue weighted by Crippen LogP contribution is 2.54. The maximum atomic E-state index is 13.7. The van der Waals surface area contributed by atoms with Gasteiger partial charge < -0.3 is 11.1 Å². The van der Waals surface area contributed by atoms with E-state index in [1.165, 1.54) is 4.90 Å². The number of imide groups is 1. The first-order valence-corrected chi connectivity index (χ1v) is 11.3. The zero-order chi connectivity index (χ0) is 23.3. The lowest BCUT2D eigenvalue weighted by atomic mass is 9.76. The number of likely N-dealkylation sites (tertiary alicyclic amines) is 1. The third-order valence-corrected chi connectivity index (χ3v) is 7.27. The Labute approximate surface area is 195 Å². The molecule has 1 spiro atoms. The highest BCUT2D eigenvalue weighted by atomic mass is 35.5. The lowest BCUT2D eigenvalue weighted by Crippen LogP contribution is -2.53. The molecule has 170 valence electrons. The molecule has 3 aliphatic rings. The number of fused-ring (bicyclic) bond motifs is 4. The molecule has 0 radical (unpaired) electrons. The summed E-state index contributed by atoms with van der Waals surface area (Å²) in [7, 11) is 0. The SMILES string of the molecule is NC(=O)CC[C@H]1N[C@]2(C(=O)Nc3c(Cl)cccc32)[C@@H]2C(=O)N(CCc3ccccc3)C(=O)[C@H]21. The van der Waals surface area contributed by atoms with Crippen molar-refractivity contribution in [3.8, 4) is 0 Å². The van der Waals surface area contributed by atoms with Crippen molar-refractivity contribution in [1.29, 1.82) is 0 Å². The van der Waals surface area contributed by atoms with Crippen LogP contribution < -0.4 is 16.4 Å². The molecule has 4 atom stereocenters. The number of primary amides is 1. The molecule has 2 saturated heterocycles. The van der Waals surface area contributed by atoms with Gasteiger partial charge in [0.2, 0.25) is 23.6 Å². The first kappa shape index (κ1) is 21.6. The molecule has 2 fully saturated rings. The summed E-state index contributed by atoms with van der Waals surface area (Å²) < 4.78 is 0. The van der Waals surface area contributed by atoms with Gasteiger partial charge in [0.25, 0.3) is 0 Å². The number of carbonyl (C=O) groups excluding carboxylic acids is 4. The largest absolute Gasteiger partial charge is 0.370 e. The van der Waals surface area contributed by atoms with Gasteiger partial charge in [-0.15, -0.1) is 0 Å². The minimum absolute atomic E-state index is 0.0342. The summed E-state index contributed by atoms with van der Waals surface area (Å²) in [4.78, 5) is 53.3. The molecule has 2 aromatic carbocycles. The number of halogens is 1. The van der Waals surface area contributed by atoms with Crippen molar-refractivity contribution in [2.24, 2.45) is 17.6 Å². The number of carbonyl (C=O) groups is 4. The van der Waals surface area contributed by atoms with Crippen molar-refractivity contribution in [2.75, 3.05) is 11.9 Å². The Morgan fingerprint density at radius 3 is 2.55 bits per heavy atom. The summed E-state index contributed by atoms with van der Waals surface area (Å²) in [5, 5.41) is 6.42. The Hall–Kier alpha value is -3.23. The lowest BCUT2D eigenvalue weighted by molar-refractivity contribution is -0.142. The molecule has 0 bridgehead atoms. The zero-order valence-corrected chi connectivity index (χ0v) is 18.5. The van der Waals surface area contributed by atoms with Gasteiger partial charge in [-0.25, -0.2) is 0 Å². The topological polar surface area (TPSA) is 122 Å². The van der Waals surface area contributed by atoms with Crippen LogP contribution in [0, 0.1) is 11.8 Å². The van der Waals surface area contributed by atoms with Crippen LogP contribution in [0.25, 0.3) is 0 Å². The Balaban J connectivity index is 1.53. The second kappa shape index (κ2) is 7.97. The van der Waals surface area contributed by atoms with Crippen LogP contribution in [0.1, 0.15) is 24.0 Å². The maximum absolute atomic E-state index is 13.7. The third-order valence-electron chi connectivity index (χ3n) is 6.96. The molecule has 0 unspecified atom stereocenters. The molecule has 3 aliphatic heterocycles. The van der Waals surface area contributed by atoms with E-state index >= 15 is 0 Å². The number of anilines is 1. The van der Waals surface area contributed by atoms with Gasteiger partial charge in [-0.1, -0.05) is 54.1 Å². The van der Waals surface area contributed by atoms with Gasteiger partial charge >= 0.3 is 0 Å². The minimum Gasteiger partial charge on any atom is -0.370 e. The number of amides is 4. The number of hydrogen-bond donors (Lipinski definition) is 3. The molecule has 4 amide bonds. The van der Waals surface area contributed by atoms with Crippen LogP contribution in [0.3, 0.4) is 0 Å². The molecule has 2 aromatic rings. The number of rotatable bonds is 6. The van der Waals surface area contributed by atoms with Gasteiger partial charge in [-0.05, 0) is 24.5 Å². The molecule has 9 heteroatoms. The Kier molecular flexibility index (Phi) is 5.22. The number of nitrogens with zero attached hydrogens (tertiary/aromatic N) is 1. The smallest absolute Gasteiger partial charge is 0.250 e. The van der Waals surface area contributed by atoms with E-state index in [1.807, 2.05) is 30.3 Å². The summed E-state index contributed by atoms with van der Waals surface area (Å²) in [6.07, 6.45) is 0.790. The quantitative estimate of drug-likeness (QED) is 0.558. The zero-order valence-electron chi connectivity index (χ0n) is 17.7. The fraction of sp³-hybridized carbons (Fsp3) is 0.333. The van der Waals surface area contributed by atoms with Gasteiger partial charge in [-0.3, -0.25) is 29.4 Å². The van der Waals surface area contributed by atoms with Crippen LogP contribution >= 0.6 is 11.6 Å². The van der Waals surface area contributed by atoms with Crippen LogP contribution in [-0.2, 0) is 31.1 Å². The molecule has 0 aromatic heterocycles. The maximum Gasteiger partial charge on any atom is 0.250 e. The molecule has 0 aliphatic carbocycles. The summed E-state index contributed by atoms with van der Waals surface area (Å²) in [6.45, 7) is 0.220. The predicted octanol–water partition coefficient (Wildman–Crippen LogP) is 1.57. The lowest BCUT2D eigenvalue weighted by Gasteiger charge is -2.29. The number of benzene rings is 2. The molecule has 8 nitrogen and oxygen atoms in total. The molecular weight excluding hydrogens is 444 g/mol. The number of para-hydroxylation sites is 1. The number of nitrogens with one attached hydrogen (secondary N) is 2. The average molecular weight is 467 g/mol. The molecule has 3 heterocycles. The van der Waals surface area contributed by atoms with Gasteiger partial charge in [0, 0.05) is 24.6 Å². The van der Waals surface area contributed by atoms with E-state index in [1.54, 1.807) is 18.2 Å². The molecule has 4 N–H and O–H groups in total. The fourth-order valence-corrected chi connectivity index (χ4v) is 5.73. The first-order chi connectivity index (χ1) is 15.8. The molecule has 5 rings (SSSR count). The van der Waals surface area contributed by atoms with Crippen molar-refractivity contribution < 1.29 is 19.2 Å². The molecule has 0 saturated carbocycles. The second-order valence-corrected chi connectivity index (χ2v) is 9.15. The van der Waals surface area contributed by atoms with E-state index < -0.39 is 41.1 Å². The number of nitrogens with two attached hydrogens (primary N) is 1. The highest BCUT2D eigenvalue weighted by Gasteiger charge is 2.70. The van der Waals surface area contributed by atoms with E-state index in [0.717, 1.165) is 5.56 Å². The first-order valence-electron chi connectivity index (χ1n) is 10.9. The van der Waals surface area contributed by atoms with E-state index in [4.69, 9.17) is 17.3 Å². The van der Waals surface area contributed by atoms with Crippen molar-refractivity contribution >= 4 is 40.9 Å². The van der Waals surface area contributed by atoms with Crippen molar-refractivity contribution in [2.45, 2.75) is 30.8 Å². The summed E-state index contributed by atoms with van der Waals surface area (Å²) in [5.74, 6) is -3.36. The van der Waals surface area contributed by atoms with E-state index in [9.17, 15) is 19.2 Å². The van der Waals surface area contributed by atoms with E-state index in [0.29, 0.717) is 22.7 Å². The van der Waals surface area contributed by atoms with Gasteiger partial charge in [0.05, 0.1) is 22.5 Å². The Bertz CT molecular complexity index is 1170. The Morgan fingerprint density at radius 1 is 1.06 bits per heavy atom. The van der Waals surface area contributed by atoms with E-state index in [-0.39, 0.29) is 25.3 Å². The third kappa shape index (κ3) is 3.24. The Morgan fingerprint density at radius 2 is 1.82 bits per heavy atom. The van der Waals surface area contributed by atoms with Gasteiger partial charge in [-0.2, -0.15) is 0 Å². The monoisotopic (exact) mass is 466 g/mol. The normalized spacial score (nSPS) is 27.7. The van der Waals surface area contributed by atoms with Crippen LogP contribution in [0.15, 0.2) is 48.5 Å². The van der Waals surface area contributed by atoms with Gasteiger partial charge in [0.1, 0.15) is 5.54 Å². The minimum atomic E-state index is -1.43. The fourth-order valence-electron chi connectivity index (χ4n) is 5.51. The van der Waals surface area contributed by atoms with E-state index in [2.05, 4.69) is 10.6 Å². The van der Waals surface area contributed by atoms with Crippen molar-refractivity contribution in [3.05, 3.63) is 64.7 Å². The van der Waals surface area contributed by atoms with Crippen molar-refractivity contribution in [3.63, 3.8) is 0 Å². The standard InChI is InChI=1S/C24H23ClN4O4/c25-15-8-4-7-14-20(15)27-23(33)24(14)19-18(16(28-24)9-10-17(26)30)21(31)29(22(19)32)12-11-13-5-2-1-3-6-13/h1-8,16,18-19,28H,9-12H2,(H2,26,30)(H,27,33)/t16-,18+,19+,24+/m1/s1. The summed E-state index contributed by atoms with van der Waals surface area (Å²) in [6, 6.07) is 14.1. The van der Waals surface area contributed by atoms with Crippen molar-refractivity contribution in [1.82, 2.24) is 10.2 Å². The highest BCUT2D eigenvalue weighted by molar-refractivity contribution is 6.35. The van der Waals surface area contributed by atoms with Crippen LogP contribution in [0.4, 0.5) is 5.69 Å². The molecular formula is C24H23ClN4O4. The van der Waals surface area contributed by atoms with Crippen LogP contribution in [0.2, 0.25) is 5.02 Å². The molecule has 33 heavy (non-hydrogen) atoms. The summed E-state index contributed by atoms with van der Waals surface area (Å²) >= 11 is 6.32. The second-order valence-electron chi connectivity index (χ2n) is 8.75. The average Bonchev–Trinajstić information content (AvgIpc) is 3.38. The van der Waals surface area contributed by atoms with Crippen LogP contribution in [-0.4, -0.2) is 41.1 Å². The predicted molar refractivity (Wildman–Crippen MR) is 121 cm³/mol. The number of hydrogen-bond acceptors (Lipinski definition) is 5. The van der Waals surface area contributed by atoms with Crippen LogP contribution in [0.5, 0.6) is 0 Å². The van der Waals surface area contributed by atoms with Gasteiger partial charge in [0.15, 0.2) is 0 Å². The summed E-state index contributed by atoms with van der Waals surface area (Å²) in [5.41, 5.74) is 5.91.